The summed E-state index contributed by atoms with van der Waals surface area (Å²) in [7, 11) is 0. The first-order valence-electron chi connectivity index (χ1n) is 5.25. The van der Waals surface area contributed by atoms with Gasteiger partial charge in [0.15, 0.2) is 5.78 Å². The molecule has 0 saturated carbocycles. The number of benzene rings is 2. The highest BCUT2D eigenvalue weighted by molar-refractivity contribution is 6.43. The summed E-state index contributed by atoms with van der Waals surface area (Å²) >= 11 is 17.9. The van der Waals surface area contributed by atoms with Crippen LogP contribution in [0.3, 0.4) is 0 Å². The summed E-state index contributed by atoms with van der Waals surface area (Å²) in [5, 5.41) is 0.932. The average molecular weight is 300 g/mol. The Morgan fingerprint density at radius 3 is 1.94 bits per heavy atom. The number of ketones is 1. The molecule has 2 aromatic rings. The molecule has 0 N–H and O–H groups in total. The van der Waals surface area contributed by atoms with Gasteiger partial charge >= 0.3 is 0 Å². The van der Waals surface area contributed by atoms with E-state index in [1.807, 2.05) is 19.1 Å². The van der Waals surface area contributed by atoms with Crippen LogP contribution in [0.2, 0.25) is 15.1 Å². The summed E-state index contributed by atoms with van der Waals surface area (Å²) in [4.78, 5) is 12.3. The van der Waals surface area contributed by atoms with Crippen molar-refractivity contribution in [2.45, 2.75) is 6.92 Å². The van der Waals surface area contributed by atoms with Crippen LogP contribution in [-0.4, -0.2) is 5.78 Å². The zero-order valence-corrected chi connectivity index (χ0v) is 11.8. The lowest BCUT2D eigenvalue weighted by Gasteiger charge is -2.07. The maximum atomic E-state index is 12.3. The Hall–Kier alpha value is -1.02. The second-order valence-electron chi connectivity index (χ2n) is 3.94. The molecule has 0 aliphatic carbocycles. The molecule has 0 amide bonds. The fourth-order valence-electron chi connectivity index (χ4n) is 1.61. The predicted octanol–water partition coefficient (Wildman–Crippen LogP) is 5.19. The Kier molecular flexibility index (Phi) is 3.96. The van der Waals surface area contributed by atoms with Gasteiger partial charge in [-0.15, -0.1) is 0 Å². The van der Waals surface area contributed by atoms with Crippen LogP contribution in [0.15, 0.2) is 36.4 Å². The van der Waals surface area contributed by atoms with Gasteiger partial charge in [-0.1, -0.05) is 64.6 Å². The van der Waals surface area contributed by atoms with Gasteiger partial charge in [-0.2, -0.15) is 0 Å². The van der Waals surface area contributed by atoms with E-state index >= 15 is 0 Å². The zero-order valence-electron chi connectivity index (χ0n) is 9.51. The van der Waals surface area contributed by atoms with Gasteiger partial charge < -0.3 is 0 Å². The highest BCUT2D eigenvalue weighted by atomic mass is 35.5. The van der Waals surface area contributed by atoms with Crippen LogP contribution >= 0.6 is 34.8 Å². The summed E-state index contributed by atoms with van der Waals surface area (Å²) in [5.41, 5.74) is 1.91. The molecule has 1 nitrogen and oxygen atoms in total. The summed E-state index contributed by atoms with van der Waals surface area (Å²) in [6.07, 6.45) is 0. The van der Waals surface area contributed by atoms with Crippen molar-refractivity contribution in [3.8, 4) is 0 Å². The molecule has 0 aliphatic rings. The highest BCUT2D eigenvalue weighted by Crippen LogP contribution is 2.30. The SMILES string of the molecule is Cc1ccc(C(=O)c2c(Cl)cc(Cl)cc2Cl)cc1. The summed E-state index contributed by atoms with van der Waals surface area (Å²) in [6.45, 7) is 1.95. The lowest BCUT2D eigenvalue weighted by Crippen LogP contribution is -2.03. The van der Waals surface area contributed by atoms with Gasteiger partial charge in [0.1, 0.15) is 0 Å². The van der Waals surface area contributed by atoms with Crippen LogP contribution in [0.25, 0.3) is 0 Å². The van der Waals surface area contributed by atoms with Gasteiger partial charge in [0.2, 0.25) is 0 Å². The summed E-state index contributed by atoms with van der Waals surface area (Å²) in [6, 6.07) is 10.3. The first kappa shape index (κ1) is 13.4. The topological polar surface area (TPSA) is 17.1 Å². The van der Waals surface area contributed by atoms with Gasteiger partial charge in [-0.05, 0) is 19.1 Å². The number of aryl methyl sites for hydroxylation is 1. The van der Waals surface area contributed by atoms with Crippen molar-refractivity contribution in [2.24, 2.45) is 0 Å². The minimum Gasteiger partial charge on any atom is -0.288 e. The number of rotatable bonds is 2. The van der Waals surface area contributed by atoms with Crippen molar-refractivity contribution >= 4 is 40.6 Å². The van der Waals surface area contributed by atoms with Gasteiger partial charge in [-0.3, -0.25) is 4.79 Å². The molecule has 2 aromatic carbocycles. The van der Waals surface area contributed by atoms with Gasteiger partial charge in [0.05, 0.1) is 15.6 Å². The molecule has 92 valence electrons. The molecule has 0 radical (unpaired) electrons. The maximum Gasteiger partial charge on any atom is 0.196 e. The predicted molar refractivity (Wildman–Crippen MR) is 76.1 cm³/mol. The largest absolute Gasteiger partial charge is 0.288 e. The number of hydrogen-bond donors (Lipinski definition) is 0. The zero-order chi connectivity index (χ0) is 13.3. The van der Waals surface area contributed by atoms with Gasteiger partial charge in [-0.25, -0.2) is 0 Å². The quantitative estimate of drug-likeness (QED) is 0.698. The van der Waals surface area contributed by atoms with Crippen LogP contribution in [0.5, 0.6) is 0 Å². The molecular weight excluding hydrogens is 291 g/mol. The van der Waals surface area contributed by atoms with E-state index in [-0.39, 0.29) is 21.4 Å². The van der Waals surface area contributed by atoms with Crippen LogP contribution in [0.4, 0.5) is 0 Å². The van der Waals surface area contributed by atoms with Crippen molar-refractivity contribution in [1.82, 2.24) is 0 Å². The van der Waals surface area contributed by atoms with Crippen molar-refractivity contribution < 1.29 is 4.79 Å². The molecule has 18 heavy (non-hydrogen) atoms. The standard InChI is InChI=1S/C14H9Cl3O/c1-8-2-4-9(5-3-8)14(18)13-11(16)6-10(15)7-12(13)17/h2-7H,1H3. The normalized spacial score (nSPS) is 10.4. The van der Waals surface area contributed by atoms with Crippen LogP contribution < -0.4 is 0 Å². The lowest BCUT2D eigenvalue weighted by atomic mass is 10.0. The number of halogens is 3. The Morgan fingerprint density at radius 1 is 0.944 bits per heavy atom. The Balaban J connectivity index is 2.49. The fraction of sp³-hybridized carbons (Fsp3) is 0.0714. The van der Waals surface area contributed by atoms with Crippen molar-refractivity contribution in [1.29, 1.82) is 0 Å². The number of hydrogen-bond acceptors (Lipinski definition) is 1. The molecule has 4 heteroatoms. The molecule has 0 aliphatic heterocycles. The van der Waals surface area contributed by atoms with E-state index < -0.39 is 0 Å². The summed E-state index contributed by atoms with van der Waals surface area (Å²) in [5.74, 6) is -0.207. The van der Waals surface area contributed by atoms with Crippen molar-refractivity contribution in [3.63, 3.8) is 0 Å². The van der Waals surface area contributed by atoms with Crippen molar-refractivity contribution in [3.05, 3.63) is 68.2 Å². The smallest absolute Gasteiger partial charge is 0.196 e. The molecular formula is C14H9Cl3O. The molecule has 0 atom stereocenters. The first-order valence-corrected chi connectivity index (χ1v) is 6.38. The first-order chi connectivity index (χ1) is 8.49. The van der Waals surface area contributed by atoms with Crippen LogP contribution in [0.1, 0.15) is 21.5 Å². The van der Waals surface area contributed by atoms with Gasteiger partial charge in [0, 0.05) is 10.6 Å². The summed E-state index contributed by atoms with van der Waals surface area (Å²) < 4.78 is 0. The second-order valence-corrected chi connectivity index (χ2v) is 5.19. The van der Waals surface area contributed by atoms with E-state index in [0.717, 1.165) is 5.56 Å². The monoisotopic (exact) mass is 298 g/mol. The van der Waals surface area contributed by atoms with E-state index in [0.29, 0.717) is 10.6 Å². The molecule has 0 heterocycles. The molecule has 0 fully saturated rings. The van der Waals surface area contributed by atoms with E-state index in [1.54, 1.807) is 12.1 Å². The van der Waals surface area contributed by atoms with Crippen LogP contribution in [-0.2, 0) is 0 Å². The van der Waals surface area contributed by atoms with E-state index in [1.165, 1.54) is 12.1 Å². The third kappa shape index (κ3) is 2.69. The molecule has 0 spiro atoms. The minimum absolute atomic E-state index is 0.207. The fourth-order valence-corrected chi connectivity index (χ4v) is 2.60. The second kappa shape index (κ2) is 5.31. The molecule has 0 unspecified atom stereocenters. The van der Waals surface area contributed by atoms with E-state index in [9.17, 15) is 4.79 Å². The van der Waals surface area contributed by atoms with E-state index in [4.69, 9.17) is 34.8 Å². The Morgan fingerprint density at radius 2 is 1.44 bits per heavy atom. The molecule has 0 saturated heterocycles. The third-order valence-corrected chi connectivity index (χ3v) is 3.36. The lowest BCUT2D eigenvalue weighted by molar-refractivity contribution is 0.103. The maximum absolute atomic E-state index is 12.3. The number of carbonyl (C=O) groups is 1. The average Bonchev–Trinajstić information content (AvgIpc) is 2.28. The molecule has 0 bridgehead atoms. The van der Waals surface area contributed by atoms with Gasteiger partial charge in [0.25, 0.3) is 0 Å². The van der Waals surface area contributed by atoms with Crippen LogP contribution in [0, 0.1) is 6.92 Å². The van der Waals surface area contributed by atoms with E-state index in [2.05, 4.69) is 0 Å². The minimum atomic E-state index is -0.207. The highest BCUT2D eigenvalue weighted by Gasteiger charge is 2.17. The Labute approximate surface area is 120 Å². The third-order valence-electron chi connectivity index (χ3n) is 2.55. The molecule has 0 aromatic heterocycles. The Bertz CT molecular complexity index is 580. The molecule has 2 rings (SSSR count). The number of carbonyl (C=O) groups excluding carboxylic acids is 1. The van der Waals surface area contributed by atoms with Crippen molar-refractivity contribution in [2.75, 3.05) is 0 Å².